The normalized spacial score (nSPS) is 20.2. The van der Waals surface area contributed by atoms with Gasteiger partial charge in [-0.25, -0.2) is 24.9 Å². The summed E-state index contributed by atoms with van der Waals surface area (Å²) in [7, 11) is 2.12. The first-order valence-electron chi connectivity index (χ1n) is 11.6. The van der Waals surface area contributed by atoms with Gasteiger partial charge in [-0.05, 0) is 41.2 Å². The number of anilines is 1. The molecule has 1 aliphatic heterocycles. The monoisotopic (exact) mass is 451 g/mol. The Kier molecular flexibility index (Phi) is 6.55. The molecule has 0 aliphatic carbocycles. The number of amides is 1. The summed E-state index contributed by atoms with van der Waals surface area (Å²) in [6, 6.07) is 0.254. The van der Waals surface area contributed by atoms with E-state index >= 15 is 0 Å². The van der Waals surface area contributed by atoms with Gasteiger partial charge in [-0.1, -0.05) is 6.92 Å². The van der Waals surface area contributed by atoms with Crippen molar-refractivity contribution in [2.24, 2.45) is 0 Å². The van der Waals surface area contributed by atoms with Crippen LogP contribution in [0.15, 0.2) is 18.7 Å². The summed E-state index contributed by atoms with van der Waals surface area (Å²) < 4.78 is 2.02. The molecular formula is C23H33N9O. The molecule has 0 saturated carbocycles. The van der Waals surface area contributed by atoms with E-state index in [1.54, 1.807) is 12.4 Å². The maximum atomic E-state index is 13.4. The minimum atomic E-state index is -0.385. The molecule has 1 amide bonds. The Hall–Kier alpha value is -3.14. The van der Waals surface area contributed by atoms with Crippen LogP contribution in [0.1, 0.15) is 39.9 Å². The summed E-state index contributed by atoms with van der Waals surface area (Å²) in [5, 5.41) is 3.37. The molecule has 3 aromatic heterocycles. The summed E-state index contributed by atoms with van der Waals surface area (Å²) in [5.41, 5.74) is 2.17. The number of fused-ring (bicyclic) bond motifs is 1. The summed E-state index contributed by atoms with van der Waals surface area (Å²) in [4.78, 5) is 40.1. The summed E-state index contributed by atoms with van der Waals surface area (Å²) in [5.74, 6) is 2.10. The van der Waals surface area contributed by atoms with Gasteiger partial charge < -0.3 is 14.8 Å². The molecule has 33 heavy (non-hydrogen) atoms. The minimum Gasteiger partial charge on any atom is -0.356 e. The average Bonchev–Trinajstić information content (AvgIpc) is 3.20. The lowest BCUT2D eigenvalue weighted by Crippen LogP contribution is -2.58. The van der Waals surface area contributed by atoms with E-state index in [-0.39, 0.29) is 11.9 Å². The number of imidazole rings is 1. The predicted octanol–water partition coefficient (Wildman–Crippen LogP) is 2.35. The van der Waals surface area contributed by atoms with Crippen LogP contribution in [0.5, 0.6) is 0 Å². The molecule has 1 saturated heterocycles. The number of carbonyl (C=O) groups is 1. The molecular weight excluding hydrogens is 418 g/mol. The predicted molar refractivity (Wildman–Crippen MR) is 128 cm³/mol. The Labute approximate surface area is 194 Å². The lowest BCUT2D eigenvalue weighted by Gasteiger charge is -2.43. The highest BCUT2D eigenvalue weighted by Crippen LogP contribution is 2.27. The van der Waals surface area contributed by atoms with Crippen molar-refractivity contribution in [2.45, 2.75) is 65.7 Å². The Morgan fingerprint density at radius 1 is 1.12 bits per heavy atom. The van der Waals surface area contributed by atoms with E-state index in [1.807, 2.05) is 30.2 Å². The molecule has 176 valence electrons. The first-order valence-corrected chi connectivity index (χ1v) is 11.6. The number of aromatic nitrogens is 6. The van der Waals surface area contributed by atoms with Gasteiger partial charge in [-0.2, -0.15) is 0 Å². The fraction of sp³-hybridized carbons (Fsp3) is 0.565. The van der Waals surface area contributed by atoms with Gasteiger partial charge in [0.2, 0.25) is 5.91 Å². The molecule has 1 fully saturated rings. The van der Waals surface area contributed by atoms with Gasteiger partial charge in [0, 0.05) is 44.1 Å². The standard InChI is InChI=1S/C23H33N9O/c1-7-18(23(33)31-11-14(3)30(6)15(4)12-31)28-20-19-22(27-13-26-20)32(8-2)21(29-19)17-9-24-16(5)25-10-17/h9-10,13-15,18H,7-8,11-12H2,1-6H3,(H,26,27,28). The molecule has 10 heteroatoms. The van der Waals surface area contributed by atoms with Crippen LogP contribution >= 0.6 is 0 Å². The van der Waals surface area contributed by atoms with Crippen LogP contribution in [0.4, 0.5) is 5.82 Å². The number of aryl methyl sites for hydroxylation is 2. The lowest BCUT2D eigenvalue weighted by molar-refractivity contribution is -0.136. The third-order valence-corrected chi connectivity index (χ3v) is 6.58. The van der Waals surface area contributed by atoms with Crippen molar-refractivity contribution < 1.29 is 4.79 Å². The first kappa shape index (κ1) is 23.0. The Bertz CT molecular complexity index is 1110. The van der Waals surface area contributed by atoms with E-state index in [9.17, 15) is 4.79 Å². The van der Waals surface area contributed by atoms with E-state index in [0.29, 0.717) is 42.2 Å². The molecule has 4 heterocycles. The van der Waals surface area contributed by atoms with Crippen molar-refractivity contribution in [3.63, 3.8) is 0 Å². The van der Waals surface area contributed by atoms with Crippen LogP contribution in [0.3, 0.4) is 0 Å². The van der Waals surface area contributed by atoms with Crippen molar-refractivity contribution in [3.8, 4) is 11.4 Å². The number of carbonyl (C=O) groups excluding carboxylic acids is 1. The second kappa shape index (κ2) is 9.38. The van der Waals surface area contributed by atoms with Crippen molar-refractivity contribution in [1.82, 2.24) is 39.3 Å². The van der Waals surface area contributed by atoms with Gasteiger partial charge in [0.1, 0.15) is 24.0 Å². The molecule has 3 atom stereocenters. The number of nitrogens with one attached hydrogen (secondary N) is 1. The fourth-order valence-electron chi connectivity index (χ4n) is 4.38. The average molecular weight is 452 g/mol. The highest BCUT2D eigenvalue weighted by Gasteiger charge is 2.32. The van der Waals surface area contributed by atoms with Crippen LogP contribution in [0, 0.1) is 6.92 Å². The third kappa shape index (κ3) is 4.39. The summed E-state index contributed by atoms with van der Waals surface area (Å²) in [6.07, 6.45) is 5.70. The second-order valence-electron chi connectivity index (χ2n) is 8.81. The van der Waals surface area contributed by atoms with Crippen LogP contribution in [0.2, 0.25) is 0 Å². The lowest BCUT2D eigenvalue weighted by atomic mass is 10.1. The van der Waals surface area contributed by atoms with Gasteiger partial charge in [0.05, 0.1) is 5.56 Å². The van der Waals surface area contributed by atoms with Gasteiger partial charge in [0.25, 0.3) is 0 Å². The van der Waals surface area contributed by atoms with Gasteiger partial charge in [0.15, 0.2) is 17.0 Å². The zero-order valence-electron chi connectivity index (χ0n) is 20.3. The summed E-state index contributed by atoms with van der Waals surface area (Å²) in [6.45, 7) is 12.4. The molecule has 3 aromatic rings. The number of likely N-dealkylation sites (N-methyl/N-ethyl adjacent to an activating group) is 1. The van der Waals surface area contributed by atoms with Gasteiger partial charge in [-0.15, -0.1) is 0 Å². The van der Waals surface area contributed by atoms with Gasteiger partial charge in [-0.3, -0.25) is 9.69 Å². The van der Waals surface area contributed by atoms with Gasteiger partial charge >= 0.3 is 0 Å². The van der Waals surface area contributed by atoms with E-state index in [0.717, 1.165) is 30.1 Å². The zero-order valence-corrected chi connectivity index (χ0v) is 20.3. The number of rotatable bonds is 6. The van der Waals surface area contributed by atoms with Crippen LogP contribution in [0.25, 0.3) is 22.6 Å². The molecule has 10 nitrogen and oxygen atoms in total. The van der Waals surface area contributed by atoms with E-state index in [4.69, 9.17) is 4.98 Å². The molecule has 1 N–H and O–H groups in total. The third-order valence-electron chi connectivity index (χ3n) is 6.58. The fourth-order valence-corrected chi connectivity index (χ4v) is 4.38. The van der Waals surface area contributed by atoms with Crippen molar-refractivity contribution >= 4 is 22.9 Å². The number of nitrogens with zero attached hydrogens (tertiary/aromatic N) is 8. The Balaban J connectivity index is 1.65. The van der Waals surface area contributed by atoms with Crippen LogP contribution in [-0.4, -0.2) is 83.5 Å². The molecule has 4 rings (SSSR count). The maximum absolute atomic E-state index is 13.4. The smallest absolute Gasteiger partial charge is 0.245 e. The largest absolute Gasteiger partial charge is 0.356 e. The highest BCUT2D eigenvalue weighted by atomic mass is 16.2. The topological polar surface area (TPSA) is 105 Å². The minimum absolute atomic E-state index is 0.0955. The van der Waals surface area contributed by atoms with E-state index in [1.165, 1.54) is 6.33 Å². The quantitative estimate of drug-likeness (QED) is 0.609. The zero-order chi connectivity index (χ0) is 23.7. The Morgan fingerprint density at radius 3 is 2.39 bits per heavy atom. The molecule has 0 radical (unpaired) electrons. The maximum Gasteiger partial charge on any atom is 0.245 e. The Morgan fingerprint density at radius 2 is 1.79 bits per heavy atom. The first-order chi connectivity index (χ1) is 15.8. The molecule has 3 unspecified atom stereocenters. The number of piperazine rings is 1. The highest BCUT2D eigenvalue weighted by molar-refractivity contribution is 5.90. The summed E-state index contributed by atoms with van der Waals surface area (Å²) >= 11 is 0. The number of hydrogen-bond donors (Lipinski definition) is 1. The van der Waals surface area contributed by atoms with E-state index in [2.05, 4.69) is 51.0 Å². The molecule has 0 aromatic carbocycles. The molecule has 0 spiro atoms. The van der Waals surface area contributed by atoms with Crippen molar-refractivity contribution in [2.75, 3.05) is 25.5 Å². The second-order valence-corrected chi connectivity index (χ2v) is 8.81. The van der Waals surface area contributed by atoms with E-state index < -0.39 is 0 Å². The van der Waals surface area contributed by atoms with Crippen molar-refractivity contribution in [1.29, 1.82) is 0 Å². The van der Waals surface area contributed by atoms with Crippen molar-refractivity contribution in [3.05, 3.63) is 24.5 Å². The SMILES string of the molecule is CCC(Nc1ncnc2c1nc(-c1cnc(C)nc1)n2CC)C(=O)N1CC(C)N(C)C(C)C1. The number of hydrogen-bond acceptors (Lipinski definition) is 8. The molecule has 0 bridgehead atoms. The molecule has 1 aliphatic rings. The van der Waals surface area contributed by atoms with Crippen LogP contribution in [-0.2, 0) is 11.3 Å². The van der Waals surface area contributed by atoms with Crippen LogP contribution < -0.4 is 5.32 Å².